The Morgan fingerprint density at radius 1 is 1.12 bits per heavy atom. The largest absolute Gasteiger partial charge is 0.383 e. The third-order valence-corrected chi connectivity index (χ3v) is 4.28. The molecule has 1 aromatic carbocycles. The molecule has 1 heterocycles. The van der Waals surface area contributed by atoms with Crippen LogP contribution < -0.4 is 10.6 Å². The van der Waals surface area contributed by atoms with Gasteiger partial charge in [-0.05, 0) is 26.3 Å². The minimum Gasteiger partial charge on any atom is -0.383 e. The van der Waals surface area contributed by atoms with E-state index in [0.717, 1.165) is 30.4 Å². The topological polar surface area (TPSA) is 63.5 Å². The number of rotatable bonds is 7. The fourth-order valence-electron chi connectivity index (χ4n) is 2.67. The summed E-state index contributed by atoms with van der Waals surface area (Å²) in [4.78, 5) is 4.30. The molecule has 0 radical (unpaired) electrons. The number of ether oxygens (including phenoxy) is 1. The lowest BCUT2D eigenvalue weighted by Gasteiger charge is -2.12. The van der Waals surface area contributed by atoms with Crippen LogP contribution in [0.3, 0.4) is 0 Å². The van der Waals surface area contributed by atoms with Gasteiger partial charge in [0, 0.05) is 38.5 Å². The van der Waals surface area contributed by atoms with Crippen LogP contribution in [0, 0.1) is 20.8 Å². The fourth-order valence-corrected chi connectivity index (χ4v) is 2.67. The van der Waals surface area contributed by atoms with E-state index in [1.165, 1.54) is 16.7 Å². The lowest BCUT2D eigenvalue weighted by molar-refractivity contribution is 0.182. The molecule has 0 atom stereocenters. The predicted molar refractivity (Wildman–Crippen MR) is 117 cm³/mol. The maximum Gasteiger partial charge on any atom is 0.191 e. The number of aryl methyl sites for hydroxylation is 2. The van der Waals surface area contributed by atoms with Crippen molar-refractivity contribution in [2.24, 2.45) is 4.99 Å². The Hall–Kier alpha value is -1.61. The van der Waals surface area contributed by atoms with E-state index in [1.54, 1.807) is 14.2 Å². The molecule has 1 aromatic heterocycles. The molecule has 0 aliphatic carbocycles. The van der Waals surface area contributed by atoms with Gasteiger partial charge < -0.3 is 15.4 Å². The first-order chi connectivity index (χ1) is 12.0. The van der Waals surface area contributed by atoms with E-state index in [4.69, 9.17) is 4.74 Å². The van der Waals surface area contributed by atoms with Crippen molar-refractivity contribution in [3.8, 4) is 0 Å². The van der Waals surface area contributed by atoms with E-state index >= 15 is 0 Å². The Morgan fingerprint density at radius 2 is 1.77 bits per heavy atom. The molecule has 0 aliphatic heterocycles. The number of aromatic nitrogens is 2. The maximum absolute atomic E-state index is 5.14. The second-order valence-electron chi connectivity index (χ2n) is 6.13. The molecule has 0 fully saturated rings. The van der Waals surface area contributed by atoms with Gasteiger partial charge in [0.25, 0.3) is 0 Å². The SMILES string of the molecule is CN=C(NCc1ccc(C)cc1)NCc1c(C)nn(CCOC)c1C.I. The highest BCUT2D eigenvalue weighted by molar-refractivity contribution is 14.0. The number of guanidine groups is 1. The van der Waals surface area contributed by atoms with Gasteiger partial charge in [-0.15, -0.1) is 24.0 Å². The lowest BCUT2D eigenvalue weighted by Crippen LogP contribution is -2.36. The zero-order valence-electron chi connectivity index (χ0n) is 16.3. The van der Waals surface area contributed by atoms with Crippen LogP contribution in [-0.2, 0) is 24.4 Å². The smallest absolute Gasteiger partial charge is 0.191 e. The number of aliphatic imine (C=N–C) groups is 1. The molecule has 6 nitrogen and oxygen atoms in total. The van der Waals surface area contributed by atoms with Crippen molar-refractivity contribution in [1.29, 1.82) is 0 Å². The Labute approximate surface area is 173 Å². The average Bonchev–Trinajstić information content (AvgIpc) is 2.88. The first kappa shape index (κ1) is 22.4. The van der Waals surface area contributed by atoms with Gasteiger partial charge in [0.2, 0.25) is 0 Å². The Balaban J connectivity index is 0.00000338. The lowest BCUT2D eigenvalue weighted by atomic mass is 10.1. The van der Waals surface area contributed by atoms with Gasteiger partial charge in [0.05, 0.1) is 18.8 Å². The van der Waals surface area contributed by atoms with Gasteiger partial charge in [0.15, 0.2) is 5.96 Å². The van der Waals surface area contributed by atoms with E-state index in [0.29, 0.717) is 13.2 Å². The molecule has 0 aliphatic rings. The summed E-state index contributed by atoms with van der Waals surface area (Å²) in [5.74, 6) is 0.781. The Bertz CT molecular complexity index is 709. The molecule has 2 aromatic rings. The molecular weight excluding hydrogens is 441 g/mol. The first-order valence-electron chi connectivity index (χ1n) is 8.57. The van der Waals surface area contributed by atoms with Crippen LogP contribution in [0.1, 0.15) is 28.1 Å². The summed E-state index contributed by atoms with van der Waals surface area (Å²) >= 11 is 0. The summed E-state index contributed by atoms with van der Waals surface area (Å²) in [5.41, 5.74) is 5.90. The van der Waals surface area contributed by atoms with Crippen molar-refractivity contribution < 1.29 is 4.74 Å². The number of hydrogen-bond donors (Lipinski definition) is 2. The zero-order chi connectivity index (χ0) is 18.2. The number of methoxy groups -OCH3 is 1. The van der Waals surface area contributed by atoms with Crippen molar-refractivity contribution in [3.63, 3.8) is 0 Å². The monoisotopic (exact) mass is 471 g/mol. The van der Waals surface area contributed by atoms with Crippen molar-refractivity contribution in [2.75, 3.05) is 20.8 Å². The third kappa shape index (κ3) is 6.28. The zero-order valence-corrected chi connectivity index (χ0v) is 18.6. The summed E-state index contributed by atoms with van der Waals surface area (Å²) in [6.07, 6.45) is 0. The van der Waals surface area contributed by atoms with Crippen LogP contribution in [-0.4, -0.2) is 36.5 Å². The fraction of sp³-hybridized carbons (Fsp3) is 0.474. The minimum absolute atomic E-state index is 0. The average molecular weight is 471 g/mol. The van der Waals surface area contributed by atoms with Gasteiger partial charge in [-0.2, -0.15) is 5.10 Å². The van der Waals surface area contributed by atoms with E-state index in [9.17, 15) is 0 Å². The highest BCUT2D eigenvalue weighted by atomic mass is 127. The number of hydrogen-bond acceptors (Lipinski definition) is 3. The molecule has 0 saturated carbocycles. The highest BCUT2D eigenvalue weighted by Gasteiger charge is 2.11. The van der Waals surface area contributed by atoms with Crippen molar-refractivity contribution in [3.05, 3.63) is 52.3 Å². The molecule has 7 heteroatoms. The van der Waals surface area contributed by atoms with E-state index in [1.807, 2.05) is 11.6 Å². The second-order valence-corrected chi connectivity index (χ2v) is 6.13. The summed E-state index contributed by atoms with van der Waals surface area (Å²) in [7, 11) is 3.49. The van der Waals surface area contributed by atoms with Crippen LogP contribution in [0.15, 0.2) is 29.3 Å². The van der Waals surface area contributed by atoms with Gasteiger partial charge in [0.1, 0.15) is 0 Å². The number of nitrogens with zero attached hydrogens (tertiary/aromatic N) is 3. The normalized spacial score (nSPS) is 11.2. The van der Waals surface area contributed by atoms with Crippen molar-refractivity contribution in [1.82, 2.24) is 20.4 Å². The minimum atomic E-state index is 0. The van der Waals surface area contributed by atoms with E-state index < -0.39 is 0 Å². The van der Waals surface area contributed by atoms with Crippen LogP contribution in [0.25, 0.3) is 0 Å². The van der Waals surface area contributed by atoms with Crippen molar-refractivity contribution >= 4 is 29.9 Å². The molecule has 144 valence electrons. The third-order valence-electron chi connectivity index (χ3n) is 4.28. The molecule has 26 heavy (non-hydrogen) atoms. The van der Waals surface area contributed by atoms with Crippen LogP contribution in [0.5, 0.6) is 0 Å². The molecule has 0 unspecified atom stereocenters. The predicted octanol–water partition coefficient (Wildman–Crippen LogP) is 2.94. The Morgan fingerprint density at radius 3 is 2.38 bits per heavy atom. The molecule has 2 N–H and O–H groups in total. The second kappa shape index (κ2) is 11.2. The summed E-state index contributed by atoms with van der Waals surface area (Å²) in [5, 5.41) is 11.3. The van der Waals surface area contributed by atoms with Crippen LogP contribution in [0.2, 0.25) is 0 Å². The van der Waals surface area contributed by atoms with Crippen molar-refractivity contribution in [2.45, 2.75) is 40.4 Å². The highest BCUT2D eigenvalue weighted by Crippen LogP contribution is 2.12. The van der Waals surface area contributed by atoms with Crippen LogP contribution in [0.4, 0.5) is 0 Å². The van der Waals surface area contributed by atoms with E-state index in [2.05, 4.69) is 58.8 Å². The summed E-state index contributed by atoms with van der Waals surface area (Å²) in [6.45, 7) is 9.08. The van der Waals surface area contributed by atoms with Gasteiger partial charge >= 0.3 is 0 Å². The Kier molecular flexibility index (Phi) is 9.64. The summed E-state index contributed by atoms with van der Waals surface area (Å²) in [6, 6.07) is 8.50. The standard InChI is InChI=1S/C19H29N5O.HI/c1-14-6-8-17(9-7-14)12-21-19(20-4)22-13-18-15(2)23-24(16(18)3)10-11-25-5;/h6-9H,10-13H2,1-5H3,(H2,20,21,22);1H. The molecule has 0 saturated heterocycles. The quantitative estimate of drug-likeness (QED) is 0.371. The molecule has 2 rings (SSSR count). The number of nitrogens with one attached hydrogen (secondary N) is 2. The molecule has 0 bridgehead atoms. The first-order valence-corrected chi connectivity index (χ1v) is 8.57. The molecular formula is C19H30IN5O. The van der Waals surface area contributed by atoms with E-state index in [-0.39, 0.29) is 24.0 Å². The number of benzene rings is 1. The van der Waals surface area contributed by atoms with Crippen LogP contribution >= 0.6 is 24.0 Å². The van der Waals surface area contributed by atoms with Gasteiger partial charge in [-0.3, -0.25) is 9.67 Å². The summed E-state index contributed by atoms with van der Waals surface area (Å²) < 4.78 is 7.14. The van der Waals surface area contributed by atoms with Gasteiger partial charge in [-0.1, -0.05) is 29.8 Å². The number of halogens is 1. The molecule has 0 spiro atoms. The van der Waals surface area contributed by atoms with Gasteiger partial charge in [-0.25, -0.2) is 0 Å². The maximum atomic E-state index is 5.14. The molecule has 0 amide bonds.